The number of rotatable bonds is 5. The minimum absolute atomic E-state index is 0.150. The van der Waals surface area contributed by atoms with E-state index in [-0.39, 0.29) is 5.88 Å². The Labute approximate surface area is 200 Å². The van der Waals surface area contributed by atoms with Crippen LogP contribution in [0.5, 0.6) is 5.88 Å². The molecule has 1 N–H and O–H groups in total. The number of allylic oxidation sites excluding steroid dienone is 2. The first-order chi connectivity index (χ1) is 16.1. The molecule has 2 heterocycles. The summed E-state index contributed by atoms with van der Waals surface area (Å²) in [5.41, 5.74) is 5.60. The van der Waals surface area contributed by atoms with E-state index in [0.717, 1.165) is 33.8 Å². The molecule has 3 aromatic carbocycles. The van der Waals surface area contributed by atoms with E-state index in [2.05, 4.69) is 12.6 Å². The van der Waals surface area contributed by atoms with Gasteiger partial charge in [-0.05, 0) is 36.4 Å². The average molecular weight is 470 g/mol. The predicted molar refractivity (Wildman–Crippen MR) is 138 cm³/mol. The summed E-state index contributed by atoms with van der Waals surface area (Å²) in [6, 6.07) is 25.4. The highest BCUT2D eigenvalue weighted by atomic mass is 35.5. The lowest BCUT2D eigenvalue weighted by atomic mass is 9.97. The maximum absolute atomic E-state index is 11.1. The summed E-state index contributed by atoms with van der Waals surface area (Å²) in [5, 5.41) is 11.7. The van der Waals surface area contributed by atoms with E-state index < -0.39 is 0 Å². The SMILES string of the molecule is C=CCn1c(O)c(/C=C2/C(c3ccccc3)=Nc3ccccc32)sc1=Nc1ccc(Cl)cc1. The van der Waals surface area contributed by atoms with Crippen molar-refractivity contribution in [3.8, 4) is 5.88 Å². The molecule has 0 saturated carbocycles. The van der Waals surface area contributed by atoms with Crippen LogP contribution < -0.4 is 4.80 Å². The third kappa shape index (κ3) is 4.21. The maximum atomic E-state index is 11.1. The van der Waals surface area contributed by atoms with Crippen LogP contribution in [0.4, 0.5) is 11.4 Å². The molecule has 0 unspecified atom stereocenters. The molecule has 0 atom stereocenters. The van der Waals surface area contributed by atoms with Crippen LogP contribution in [0.25, 0.3) is 11.6 Å². The van der Waals surface area contributed by atoms with Gasteiger partial charge in [-0.15, -0.1) is 6.58 Å². The number of nitrogens with zero attached hydrogens (tertiary/aromatic N) is 3. The molecule has 0 aliphatic carbocycles. The molecule has 1 aromatic heterocycles. The van der Waals surface area contributed by atoms with Gasteiger partial charge in [-0.2, -0.15) is 0 Å². The van der Waals surface area contributed by atoms with E-state index in [0.29, 0.717) is 21.2 Å². The van der Waals surface area contributed by atoms with Crippen LogP contribution in [-0.2, 0) is 6.54 Å². The molecule has 1 aliphatic rings. The fourth-order valence-corrected chi connectivity index (χ4v) is 4.84. The Kier molecular flexibility index (Phi) is 5.82. The van der Waals surface area contributed by atoms with Crippen molar-refractivity contribution < 1.29 is 5.11 Å². The van der Waals surface area contributed by atoms with Crippen molar-refractivity contribution in [1.29, 1.82) is 0 Å². The van der Waals surface area contributed by atoms with Crippen LogP contribution in [-0.4, -0.2) is 15.4 Å². The smallest absolute Gasteiger partial charge is 0.211 e. The highest BCUT2D eigenvalue weighted by Crippen LogP contribution is 2.39. The van der Waals surface area contributed by atoms with Crippen LogP contribution in [0.15, 0.2) is 102 Å². The number of fused-ring (bicyclic) bond motifs is 1. The fraction of sp³-hybridized carbons (Fsp3) is 0.0370. The quantitative estimate of drug-likeness (QED) is 0.314. The van der Waals surface area contributed by atoms with Crippen LogP contribution >= 0.6 is 22.9 Å². The van der Waals surface area contributed by atoms with Crippen molar-refractivity contribution in [3.05, 3.63) is 117 Å². The zero-order valence-electron chi connectivity index (χ0n) is 17.6. The minimum atomic E-state index is 0.150. The van der Waals surface area contributed by atoms with E-state index in [1.807, 2.05) is 66.7 Å². The Morgan fingerprint density at radius 3 is 2.48 bits per heavy atom. The molecule has 0 bridgehead atoms. The molecule has 162 valence electrons. The Bertz CT molecular complexity index is 1460. The third-order valence-electron chi connectivity index (χ3n) is 5.28. The molecule has 4 nitrogen and oxygen atoms in total. The van der Waals surface area contributed by atoms with Crippen LogP contribution in [0, 0.1) is 0 Å². The highest BCUT2D eigenvalue weighted by Gasteiger charge is 2.23. The topological polar surface area (TPSA) is 49.9 Å². The van der Waals surface area contributed by atoms with Gasteiger partial charge in [0.2, 0.25) is 5.88 Å². The molecule has 5 rings (SSSR count). The zero-order valence-corrected chi connectivity index (χ0v) is 19.2. The first-order valence-electron chi connectivity index (χ1n) is 10.4. The second kappa shape index (κ2) is 9.06. The van der Waals surface area contributed by atoms with Gasteiger partial charge >= 0.3 is 0 Å². The van der Waals surface area contributed by atoms with E-state index >= 15 is 0 Å². The van der Waals surface area contributed by atoms with Crippen molar-refractivity contribution in [1.82, 2.24) is 4.57 Å². The van der Waals surface area contributed by atoms with Crippen molar-refractivity contribution in [3.63, 3.8) is 0 Å². The van der Waals surface area contributed by atoms with Gasteiger partial charge in [0.1, 0.15) is 0 Å². The van der Waals surface area contributed by atoms with Crippen molar-refractivity contribution in [2.45, 2.75) is 6.54 Å². The molecular formula is C27H20ClN3OS. The molecule has 0 saturated heterocycles. The number of thiazole rings is 1. The number of aromatic nitrogens is 1. The van der Waals surface area contributed by atoms with Crippen LogP contribution in [0.2, 0.25) is 5.02 Å². The summed E-state index contributed by atoms with van der Waals surface area (Å²) in [6.07, 6.45) is 3.74. The van der Waals surface area contributed by atoms with Gasteiger partial charge in [0, 0.05) is 28.3 Å². The highest BCUT2D eigenvalue weighted by molar-refractivity contribution is 7.10. The van der Waals surface area contributed by atoms with Crippen molar-refractivity contribution in [2.24, 2.45) is 9.98 Å². The lowest BCUT2D eigenvalue weighted by molar-refractivity contribution is 0.421. The molecule has 0 fully saturated rings. The van der Waals surface area contributed by atoms with Gasteiger partial charge < -0.3 is 5.11 Å². The van der Waals surface area contributed by atoms with Crippen molar-refractivity contribution in [2.75, 3.05) is 0 Å². The third-order valence-corrected chi connectivity index (χ3v) is 6.54. The number of hydrogen-bond acceptors (Lipinski definition) is 4. The molecule has 0 spiro atoms. The first-order valence-corrected chi connectivity index (χ1v) is 11.6. The number of aliphatic imine (C=N–C) groups is 1. The zero-order chi connectivity index (χ0) is 22.8. The van der Waals surface area contributed by atoms with Gasteiger partial charge in [0.25, 0.3) is 0 Å². The van der Waals surface area contributed by atoms with Crippen molar-refractivity contribution >= 4 is 51.7 Å². The van der Waals surface area contributed by atoms with Gasteiger partial charge in [-0.1, -0.05) is 77.5 Å². The van der Waals surface area contributed by atoms with E-state index in [9.17, 15) is 5.11 Å². The Balaban J connectivity index is 1.67. The van der Waals surface area contributed by atoms with Crippen LogP contribution in [0.3, 0.4) is 0 Å². The summed E-state index contributed by atoms with van der Waals surface area (Å²) in [5.74, 6) is 0.150. The Morgan fingerprint density at radius 2 is 1.73 bits per heavy atom. The Hall–Kier alpha value is -3.67. The fourth-order valence-electron chi connectivity index (χ4n) is 3.72. The van der Waals surface area contributed by atoms with Gasteiger partial charge in [-0.3, -0.25) is 4.57 Å². The first kappa shape index (κ1) is 21.2. The maximum Gasteiger partial charge on any atom is 0.211 e. The van der Waals surface area contributed by atoms with Gasteiger partial charge in [0.15, 0.2) is 4.80 Å². The largest absolute Gasteiger partial charge is 0.493 e. The van der Waals surface area contributed by atoms with Gasteiger partial charge in [0.05, 0.1) is 22.0 Å². The summed E-state index contributed by atoms with van der Waals surface area (Å²) in [7, 11) is 0. The van der Waals surface area contributed by atoms with E-state index in [1.165, 1.54) is 11.3 Å². The van der Waals surface area contributed by atoms with E-state index in [1.54, 1.807) is 22.8 Å². The molecule has 6 heteroatoms. The predicted octanol–water partition coefficient (Wildman–Crippen LogP) is 7.00. The monoisotopic (exact) mass is 469 g/mol. The molecule has 33 heavy (non-hydrogen) atoms. The lowest BCUT2D eigenvalue weighted by Crippen LogP contribution is -2.12. The summed E-state index contributed by atoms with van der Waals surface area (Å²) < 4.78 is 1.75. The standard InChI is InChI=1S/C27H20ClN3OS/c1-2-16-31-26(32)24(33-27(31)29-20-14-12-19(28)13-15-20)17-22-21-10-6-7-11-23(21)30-25(22)18-8-4-3-5-9-18/h2-15,17,32H,1,16H2/b22-17+,29-27?. The normalized spacial score (nSPS) is 14.4. The molecular weight excluding hydrogens is 450 g/mol. The summed E-state index contributed by atoms with van der Waals surface area (Å²) >= 11 is 7.43. The summed E-state index contributed by atoms with van der Waals surface area (Å²) in [4.78, 5) is 11.0. The van der Waals surface area contributed by atoms with E-state index in [4.69, 9.17) is 21.6 Å². The number of hydrogen-bond donors (Lipinski definition) is 1. The number of aromatic hydroxyl groups is 1. The molecule has 4 aromatic rings. The summed E-state index contributed by atoms with van der Waals surface area (Å²) in [6.45, 7) is 4.27. The van der Waals surface area contributed by atoms with Crippen LogP contribution in [0.1, 0.15) is 16.0 Å². The Morgan fingerprint density at radius 1 is 1.00 bits per heavy atom. The number of para-hydroxylation sites is 1. The molecule has 0 radical (unpaired) electrons. The minimum Gasteiger partial charge on any atom is -0.493 e. The number of benzene rings is 3. The lowest BCUT2D eigenvalue weighted by Gasteiger charge is -2.06. The second-order valence-corrected chi connectivity index (χ2v) is 8.91. The van der Waals surface area contributed by atoms with Gasteiger partial charge in [-0.25, -0.2) is 9.98 Å². The number of halogens is 1. The average Bonchev–Trinajstić information content (AvgIpc) is 3.35. The molecule has 0 amide bonds. The second-order valence-electron chi connectivity index (χ2n) is 7.46. The molecule has 1 aliphatic heterocycles.